The minimum atomic E-state index is -3.57. The third-order valence-electron chi connectivity index (χ3n) is 4.02. The van der Waals surface area contributed by atoms with Crippen LogP contribution in [0.25, 0.3) is 0 Å². The topological polar surface area (TPSA) is 37.4 Å². The first-order valence-corrected chi connectivity index (χ1v) is 9.16. The predicted octanol–water partition coefficient (Wildman–Crippen LogP) is 3.47. The molecule has 0 amide bonds. The number of hydrogen-bond donors (Lipinski definition) is 0. The van der Waals surface area contributed by atoms with E-state index in [1.807, 2.05) is 0 Å². The van der Waals surface area contributed by atoms with Crippen molar-refractivity contribution >= 4 is 21.6 Å². The van der Waals surface area contributed by atoms with Crippen molar-refractivity contribution in [1.82, 2.24) is 4.31 Å². The molecule has 0 aromatic heterocycles. The van der Waals surface area contributed by atoms with Crippen molar-refractivity contribution in [2.75, 3.05) is 19.0 Å². The smallest absolute Gasteiger partial charge is 0.207 e. The summed E-state index contributed by atoms with van der Waals surface area (Å²) in [4.78, 5) is 0.246. The van der Waals surface area contributed by atoms with Crippen molar-refractivity contribution in [2.24, 2.45) is 5.92 Å². The first kappa shape index (κ1) is 16.7. The first-order valence-electron chi connectivity index (χ1n) is 7.19. The van der Waals surface area contributed by atoms with Gasteiger partial charge in [-0.15, -0.1) is 11.6 Å². The molecule has 1 aliphatic rings. The van der Waals surface area contributed by atoms with Crippen LogP contribution in [0.5, 0.6) is 0 Å². The van der Waals surface area contributed by atoms with Gasteiger partial charge in [-0.05, 0) is 62.3 Å². The largest absolute Gasteiger partial charge is 0.243 e. The molecular formula is C15H21ClFNO2S. The zero-order chi connectivity index (χ0) is 15.6. The SMILES string of the molecule is Cc1cc(F)cc(C)c1S(=O)(=O)N1CCCC(CCCl)C1. The Balaban J connectivity index is 2.34. The summed E-state index contributed by atoms with van der Waals surface area (Å²) in [6, 6.07) is 2.56. The molecule has 3 nitrogen and oxygen atoms in total. The number of benzene rings is 1. The van der Waals surface area contributed by atoms with Crippen molar-refractivity contribution in [1.29, 1.82) is 0 Å². The van der Waals surface area contributed by atoms with Gasteiger partial charge in [-0.25, -0.2) is 12.8 Å². The molecule has 1 aliphatic heterocycles. The number of halogens is 2. The van der Waals surface area contributed by atoms with Crippen molar-refractivity contribution in [3.63, 3.8) is 0 Å². The fraction of sp³-hybridized carbons (Fsp3) is 0.600. The number of piperidine rings is 1. The number of alkyl halides is 1. The van der Waals surface area contributed by atoms with Gasteiger partial charge in [-0.1, -0.05) is 0 Å². The molecular weight excluding hydrogens is 313 g/mol. The summed E-state index contributed by atoms with van der Waals surface area (Å²) in [5, 5.41) is 0. The van der Waals surface area contributed by atoms with E-state index < -0.39 is 15.8 Å². The van der Waals surface area contributed by atoms with E-state index in [0.717, 1.165) is 19.3 Å². The number of nitrogens with zero attached hydrogens (tertiary/aromatic N) is 1. The second kappa shape index (κ2) is 6.63. The Bertz CT molecular complexity index is 593. The van der Waals surface area contributed by atoms with E-state index in [9.17, 15) is 12.8 Å². The van der Waals surface area contributed by atoms with E-state index in [4.69, 9.17) is 11.6 Å². The van der Waals surface area contributed by atoms with E-state index in [-0.39, 0.29) is 4.90 Å². The van der Waals surface area contributed by atoms with E-state index in [1.165, 1.54) is 16.4 Å². The van der Waals surface area contributed by atoms with Crippen LogP contribution in [0.4, 0.5) is 4.39 Å². The van der Waals surface area contributed by atoms with Crippen LogP contribution in [0.2, 0.25) is 0 Å². The Labute approximate surface area is 131 Å². The van der Waals surface area contributed by atoms with Gasteiger partial charge >= 0.3 is 0 Å². The zero-order valence-corrected chi connectivity index (χ0v) is 14.0. The van der Waals surface area contributed by atoms with Crippen LogP contribution in [0, 0.1) is 25.6 Å². The molecule has 0 aliphatic carbocycles. The van der Waals surface area contributed by atoms with Gasteiger partial charge in [0, 0.05) is 19.0 Å². The Morgan fingerprint density at radius 3 is 2.52 bits per heavy atom. The molecule has 0 radical (unpaired) electrons. The van der Waals surface area contributed by atoms with Gasteiger partial charge in [0.2, 0.25) is 10.0 Å². The fourth-order valence-corrected chi connectivity index (χ4v) is 5.34. The first-order chi connectivity index (χ1) is 9.86. The molecule has 0 N–H and O–H groups in total. The lowest BCUT2D eigenvalue weighted by Crippen LogP contribution is -2.40. The summed E-state index contributed by atoms with van der Waals surface area (Å²) in [6.45, 7) is 4.31. The van der Waals surface area contributed by atoms with Gasteiger partial charge in [0.1, 0.15) is 5.82 Å². The number of aryl methyl sites for hydroxylation is 2. The maximum absolute atomic E-state index is 13.4. The molecule has 0 bridgehead atoms. The summed E-state index contributed by atoms with van der Waals surface area (Å²) < 4.78 is 40.6. The van der Waals surface area contributed by atoms with Gasteiger partial charge in [-0.2, -0.15) is 4.31 Å². The molecule has 6 heteroatoms. The van der Waals surface area contributed by atoms with Gasteiger partial charge in [0.05, 0.1) is 4.90 Å². The molecule has 0 saturated carbocycles. The summed E-state index contributed by atoms with van der Waals surface area (Å²) in [6.07, 6.45) is 2.69. The van der Waals surface area contributed by atoms with Crippen molar-refractivity contribution in [3.05, 3.63) is 29.1 Å². The van der Waals surface area contributed by atoms with Crippen LogP contribution in [-0.4, -0.2) is 31.7 Å². The summed E-state index contributed by atoms with van der Waals surface area (Å²) >= 11 is 5.77. The minimum Gasteiger partial charge on any atom is -0.207 e. The summed E-state index contributed by atoms with van der Waals surface area (Å²) in [7, 11) is -3.57. The van der Waals surface area contributed by atoms with Crippen LogP contribution >= 0.6 is 11.6 Å². The highest BCUT2D eigenvalue weighted by Crippen LogP contribution is 2.29. The second-order valence-corrected chi connectivity index (χ2v) is 7.97. The molecule has 1 saturated heterocycles. The van der Waals surface area contributed by atoms with E-state index in [0.29, 0.717) is 36.0 Å². The van der Waals surface area contributed by atoms with Gasteiger partial charge in [0.15, 0.2) is 0 Å². The zero-order valence-electron chi connectivity index (χ0n) is 12.4. The molecule has 0 spiro atoms. The van der Waals surface area contributed by atoms with E-state index >= 15 is 0 Å². The Hall–Kier alpha value is -0.650. The normalized spacial score (nSPS) is 20.7. The quantitative estimate of drug-likeness (QED) is 0.791. The lowest BCUT2D eigenvalue weighted by molar-refractivity contribution is 0.262. The highest BCUT2D eigenvalue weighted by atomic mass is 35.5. The average molecular weight is 334 g/mol. The van der Waals surface area contributed by atoms with Crippen LogP contribution in [-0.2, 0) is 10.0 Å². The van der Waals surface area contributed by atoms with Crippen LogP contribution in [0.3, 0.4) is 0 Å². The minimum absolute atomic E-state index is 0.246. The highest BCUT2D eigenvalue weighted by Gasteiger charge is 2.32. The molecule has 1 heterocycles. The third kappa shape index (κ3) is 3.58. The number of sulfonamides is 1. The molecule has 1 atom stereocenters. The monoisotopic (exact) mass is 333 g/mol. The molecule has 2 rings (SSSR count). The van der Waals surface area contributed by atoms with Crippen LogP contribution in [0.1, 0.15) is 30.4 Å². The van der Waals surface area contributed by atoms with Gasteiger partial charge in [0.25, 0.3) is 0 Å². The Kier molecular flexibility index (Phi) is 5.28. The lowest BCUT2D eigenvalue weighted by Gasteiger charge is -2.32. The van der Waals surface area contributed by atoms with Gasteiger partial charge in [-0.3, -0.25) is 0 Å². The van der Waals surface area contributed by atoms with E-state index in [1.54, 1.807) is 13.8 Å². The maximum atomic E-state index is 13.4. The van der Waals surface area contributed by atoms with Gasteiger partial charge < -0.3 is 0 Å². The Morgan fingerprint density at radius 1 is 1.33 bits per heavy atom. The lowest BCUT2D eigenvalue weighted by atomic mass is 9.97. The standard InChI is InChI=1S/C15H21ClFNO2S/c1-11-8-14(17)9-12(2)15(11)21(19,20)18-7-3-4-13(10-18)5-6-16/h8-9,13H,3-7,10H2,1-2H3. The van der Waals surface area contributed by atoms with Crippen LogP contribution < -0.4 is 0 Å². The average Bonchev–Trinajstić information content (AvgIpc) is 2.37. The molecule has 1 aromatic rings. The Morgan fingerprint density at radius 2 is 1.95 bits per heavy atom. The molecule has 1 fully saturated rings. The van der Waals surface area contributed by atoms with E-state index in [2.05, 4.69) is 0 Å². The van der Waals surface area contributed by atoms with Crippen LogP contribution in [0.15, 0.2) is 17.0 Å². The number of hydrogen-bond acceptors (Lipinski definition) is 2. The van der Waals surface area contributed by atoms with Crippen molar-refractivity contribution in [2.45, 2.75) is 38.0 Å². The third-order valence-corrected chi connectivity index (χ3v) is 6.41. The maximum Gasteiger partial charge on any atom is 0.243 e. The van der Waals surface area contributed by atoms with Crippen molar-refractivity contribution < 1.29 is 12.8 Å². The van der Waals surface area contributed by atoms with Crippen molar-refractivity contribution in [3.8, 4) is 0 Å². The predicted molar refractivity (Wildman–Crippen MR) is 82.7 cm³/mol. The number of rotatable bonds is 4. The molecule has 1 aromatic carbocycles. The second-order valence-electron chi connectivity index (χ2n) is 5.72. The fourth-order valence-electron chi connectivity index (χ4n) is 3.07. The highest BCUT2D eigenvalue weighted by molar-refractivity contribution is 7.89. The molecule has 1 unspecified atom stereocenters. The summed E-state index contributed by atoms with van der Waals surface area (Å²) in [5.41, 5.74) is 0.930. The summed E-state index contributed by atoms with van der Waals surface area (Å²) in [5.74, 6) is 0.461. The molecule has 118 valence electrons. The molecule has 21 heavy (non-hydrogen) atoms.